The van der Waals surface area contributed by atoms with Gasteiger partial charge in [-0.25, -0.2) is 9.97 Å². The first-order valence-corrected chi connectivity index (χ1v) is 6.72. The molecule has 3 rings (SSSR count). The highest BCUT2D eigenvalue weighted by atomic mass is 35.5. The molecule has 0 N–H and O–H groups in total. The molecular formula is C14H10ClF3N2O. The van der Waals surface area contributed by atoms with Crippen molar-refractivity contribution >= 4 is 11.6 Å². The molecule has 1 aliphatic carbocycles. The number of para-hydroxylation sites is 1. The van der Waals surface area contributed by atoms with Crippen LogP contribution in [-0.4, -0.2) is 16.3 Å². The lowest BCUT2D eigenvalue weighted by atomic mass is 10.1. The van der Waals surface area contributed by atoms with Crippen LogP contribution >= 0.6 is 11.6 Å². The maximum atomic E-state index is 12.4. The van der Waals surface area contributed by atoms with Crippen LogP contribution in [0.3, 0.4) is 0 Å². The second-order valence-electron chi connectivity index (χ2n) is 4.66. The maximum Gasteiger partial charge on any atom is 0.573 e. The van der Waals surface area contributed by atoms with Crippen LogP contribution in [0.5, 0.6) is 5.75 Å². The highest BCUT2D eigenvalue weighted by molar-refractivity contribution is 6.30. The monoisotopic (exact) mass is 314 g/mol. The zero-order valence-corrected chi connectivity index (χ0v) is 11.5. The van der Waals surface area contributed by atoms with Gasteiger partial charge in [0, 0.05) is 11.3 Å². The van der Waals surface area contributed by atoms with Gasteiger partial charge in [-0.3, -0.25) is 0 Å². The molecular weight excluding hydrogens is 305 g/mol. The van der Waals surface area contributed by atoms with E-state index in [1.807, 2.05) is 0 Å². The summed E-state index contributed by atoms with van der Waals surface area (Å²) >= 11 is 6.10. The van der Waals surface area contributed by atoms with Gasteiger partial charge in [-0.15, -0.1) is 13.2 Å². The van der Waals surface area contributed by atoms with E-state index in [0.717, 1.165) is 30.5 Å². The molecule has 110 valence electrons. The summed E-state index contributed by atoms with van der Waals surface area (Å²) < 4.78 is 41.4. The summed E-state index contributed by atoms with van der Waals surface area (Å²) in [7, 11) is 0. The van der Waals surface area contributed by atoms with Crippen LogP contribution in [-0.2, 0) is 12.8 Å². The molecule has 0 bridgehead atoms. The number of hydrogen-bond acceptors (Lipinski definition) is 3. The van der Waals surface area contributed by atoms with Crippen molar-refractivity contribution in [2.45, 2.75) is 25.6 Å². The van der Waals surface area contributed by atoms with Crippen molar-refractivity contribution in [2.24, 2.45) is 0 Å². The van der Waals surface area contributed by atoms with Crippen molar-refractivity contribution in [1.82, 2.24) is 9.97 Å². The van der Waals surface area contributed by atoms with E-state index in [2.05, 4.69) is 14.7 Å². The van der Waals surface area contributed by atoms with Gasteiger partial charge in [0.1, 0.15) is 10.9 Å². The molecule has 7 heteroatoms. The third kappa shape index (κ3) is 2.95. The first-order chi connectivity index (χ1) is 9.94. The number of aromatic nitrogens is 2. The Balaban J connectivity index is 2.07. The van der Waals surface area contributed by atoms with E-state index in [4.69, 9.17) is 11.6 Å². The second kappa shape index (κ2) is 5.18. The Morgan fingerprint density at radius 2 is 1.86 bits per heavy atom. The molecule has 0 atom stereocenters. The molecule has 1 heterocycles. The van der Waals surface area contributed by atoms with Gasteiger partial charge in [-0.1, -0.05) is 23.7 Å². The highest BCUT2D eigenvalue weighted by Gasteiger charge is 2.32. The summed E-state index contributed by atoms with van der Waals surface area (Å²) in [6, 6.07) is 5.77. The molecule has 3 nitrogen and oxygen atoms in total. The molecule has 2 aromatic rings. The summed E-state index contributed by atoms with van der Waals surface area (Å²) in [4.78, 5) is 8.44. The Labute approximate surface area is 123 Å². The molecule has 0 radical (unpaired) electrons. The van der Waals surface area contributed by atoms with Gasteiger partial charge >= 0.3 is 6.36 Å². The zero-order chi connectivity index (χ0) is 15.0. The highest BCUT2D eigenvalue weighted by Crippen LogP contribution is 2.34. The summed E-state index contributed by atoms with van der Waals surface area (Å²) in [5, 5.41) is 0.300. The number of benzene rings is 1. The predicted octanol–water partition coefficient (Wildman–Crippen LogP) is 4.18. The quantitative estimate of drug-likeness (QED) is 0.780. The van der Waals surface area contributed by atoms with E-state index < -0.39 is 6.36 Å². The lowest BCUT2D eigenvalue weighted by Gasteiger charge is -2.13. The van der Waals surface area contributed by atoms with Gasteiger partial charge < -0.3 is 4.74 Å². The van der Waals surface area contributed by atoms with Crippen LogP contribution in [0.2, 0.25) is 5.15 Å². The average Bonchev–Trinajstić information content (AvgIpc) is 2.86. The second-order valence-corrected chi connectivity index (χ2v) is 5.02. The number of alkyl halides is 3. The fourth-order valence-corrected chi connectivity index (χ4v) is 2.66. The van der Waals surface area contributed by atoms with E-state index in [-0.39, 0.29) is 17.1 Å². The Kier molecular flexibility index (Phi) is 3.49. The normalized spacial score (nSPS) is 14.1. The smallest absolute Gasteiger partial charge is 0.405 e. The third-order valence-electron chi connectivity index (χ3n) is 3.24. The zero-order valence-electron chi connectivity index (χ0n) is 10.7. The number of halogens is 4. The molecule has 21 heavy (non-hydrogen) atoms. The van der Waals surface area contributed by atoms with Gasteiger partial charge in [-0.2, -0.15) is 0 Å². The number of fused-ring (bicyclic) bond motifs is 1. The van der Waals surface area contributed by atoms with Gasteiger partial charge in [-0.05, 0) is 31.4 Å². The van der Waals surface area contributed by atoms with Gasteiger partial charge in [0.15, 0.2) is 5.82 Å². The number of aryl methyl sites for hydroxylation is 1. The van der Waals surface area contributed by atoms with Gasteiger partial charge in [0.05, 0.1) is 5.56 Å². The van der Waals surface area contributed by atoms with Crippen LogP contribution in [0.4, 0.5) is 13.2 Å². The first kappa shape index (κ1) is 14.1. The summed E-state index contributed by atoms with van der Waals surface area (Å²) in [6.45, 7) is 0. The molecule has 1 aromatic heterocycles. The number of hydrogen-bond donors (Lipinski definition) is 0. The molecule has 0 spiro atoms. The van der Waals surface area contributed by atoms with Crippen molar-refractivity contribution < 1.29 is 17.9 Å². The van der Waals surface area contributed by atoms with E-state index in [1.54, 1.807) is 6.07 Å². The van der Waals surface area contributed by atoms with E-state index in [9.17, 15) is 13.2 Å². The van der Waals surface area contributed by atoms with Crippen molar-refractivity contribution in [3.05, 3.63) is 40.7 Å². The minimum Gasteiger partial charge on any atom is -0.405 e. The number of rotatable bonds is 2. The average molecular weight is 315 g/mol. The molecule has 0 fully saturated rings. The largest absolute Gasteiger partial charge is 0.573 e. The summed E-state index contributed by atoms with van der Waals surface area (Å²) in [5.74, 6) is -0.181. The lowest BCUT2D eigenvalue weighted by Crippen LogP contribution is -2.17. The van der Waals surface area contributed by atoms with Crippen LogP contribution in [0.25, 0.3) is 11.4 Å². The Morgan fingerprint density at radius 3 is 2.62 bits per heavy atom. The molecule has 0 saturated carbocycles. The van der Waals surface area contributed by atoms with E-state index in [0.29, 0.717) is 5.15 Å². The summed E-state index contributed by atoms with van der Waals surface area (Å²) in [6.07, 6.45) is -2.29. The van der Waals surface area contributed by atoms with Gasteiger partial charge in [0.2, 0.25) is 0 Å². The molecule has 0 aliphatic heterocycles. The number of nitrogens with zero attached hydrogens (tertiary/aromatic N) is 2. The lowest BCUT2D eigenvalue weighted by molar-refractivity contribution is -0.274. The van der Waals surface area contributed by atoms with Crippen LogP contribution in [0, 0.1) is 0 Å². The van der Waals surface area contributed by atoms with Gasteiger partial charge in [0.25, 0.3) is 0 Å². The van der Waals surface area contributed by atoms with Crippen molar-refractivity contribution in [2.75, 3.05) is 0 Å². The fourth-order valence-electron chi connectivity index (χ4n) is 2.37. The van der Waals surface area contributed by atoms with E-state index >= 15 is 0 Å². The SMILES string of the molecule is FC(F)(F)Oc1ccccc1-c1nc(Cl)c2c(n1)CCC2. The maximum absolute atomic E-state index is 12.4. The van der Waals surface area contributed by atoms with Crippen LogP contribution in [0.1, 0.15) is 17.7 Å². The molecule has 0 saturated heterocycles. The fraction of sp³-hybridized carbons (Fsp3) is 0.286. The Morgan fingerprint density at radius 1 is 1.10 bits per heavy atom. The Bertz CT molecular complexity index is 688. The number of ether oxygens (including phenoxy) is 1. The van der Waals surface area contributed by atoms with Crippen molar-refractivity contribution in [3.8, 4) is 17.1 Å². The summed E-state index contributed by atoms with van der Waals surface area (Å²) in [5.41, 5.74) is 1.85. The molecule has 0 amide bonds. The third-order valence-corrected chi connectivity index (χ3v) is 3.55. The van der Waals surface area contributed by atoms with Crippen molar-refractivity contribution in [3.63, 3.8) is 0 Å². The van der Waals surface area contributed by atoms with Crippen molar-refractivity contribution in [1.29, 1.82) is 0 Å². The minimum absolute atomic E-state index is 0.153. The minimum atomic E-state index is -4.77. The van der Waals surface area contributed by atoms with E-state index in [1.165, 1.54) is 18.2 Å². The first-order valence-electron chi connectivity index (χ1n) is 6.34. The van der Waals surface area contributed by atoms with Crippen LogP contribution < -0.4 is 4.74 Å². The molecule has 0 unspecified atom stereocenters. The molecule has 1 aromatic carbocycles. The van der Waals surface area contributed by atoms with Crippen LogP contribution in [0.15, 0.2) is 24.3 Å². The standard InChI is InChI=1S/C14H10ClF3N2O/c15-12-8-5-3-6-10(8)19-13(20-12)9-4-1-2-7-11(9)21-14(16,17)18/h1-2,4,7H,3,5-6H2. The topological polar surface area (TPSA) is 35.0 Å². The Hall–Kier alpha value is -1.82. The molecule has 1 aliphatic rings. The predicted molar refractivity (Wildman–Crippen MR) is 71.2 cm³/mol.